The minimum absolute atomic E-state index is 0.195. The van der Waals surface area contributed by atoms with Crippen LogP contribution in [0.4, 0.5) is 19.0 Å². The van der Waals surface area contributed by atoms with Crippen LogP contribution < -0.4 is 10.1 Å². The maximum absolute atomic E-state index is 11.8. The Labute approximate surface area is 91.6 Å². The lowest BCUT2D eigenvalue weighted by Crippen LogP contribution is -2.26. The molecular weight excluding hydrogens is 221 g/mol. The average molecular weight is 234 g/mol. The number of rotatable bonds is 2. The third-order valence-electron chi connectivity index (χ3n) is 1.47. The number of hydrogen-bond donors (Lipinski definition) is 1. The highest BCUT2D eigenvalue weighted by atomic mass is 19.4. The molecule has 0 aliphatic heterocycles. The van der Waals surface area contributed by atoms with Crippen LogP contribution in [0.2, 0.25) is 0 Å². The second-order valence-corrected chi connectivity index (χ2v) is 4.30. The minimum Gasteiger partial charge on any atom is -0.404 e. The number of hydrogen-bond acceptors (Lipinski definition) is 3. The van der Waals surface area contributed by atoms with Gasteiger partial charge in [0.25, 0.3) is 0 Å². The van der Waals surface area contributed by atoms with Crippen LogP contribution in [-0.2, 0) is 0 Å². The van der Waals surface area contributed by atoms with E-state index in [9.17, 15) is 13.2 Å². The Balaban J connectivity index is 2.69. The fourth-order valence-corrected chi connectivity index (χ4v) is 1.03. The molecule has 6 heteroatoms. The molecule has 0 bridgehead atoms. The third-order valence-corrected chi connectivity index (χ3v) is 1.47. The summed E-state index contributed by atoms with van der Waals surface area (Å²) >= 11 is 0. The monoisotopic (exact) mass is 234 g/mol. The molecule has 0 radical (unpaired) electrons. The highest BCUT2D eigenvalue weighted by Crippen LogP contribution is 2.23. The van der Waals surface area contributed by atoms with Gasteiger partial charge in [0.05, 0.1) is 6.20 Å². The average Bonchev–Trinajstić information content (AvgIpc) is 2.03. The first-order chi connectivity index (χ1) is 7.16. The molecular formula is C10H13F3N2O. The molecule has 3 nitrogen and oxygen atoms in total. The normalized spacial score (nSPS) is 12.4. The first-order valence-corrected chi connectivity index (χ1v) is 4.66. The van der Waals surface area contributed by atoms with E-state index in [-0.39, 0.29) is 11.3 Å². The standard InChI is InChI=1S/C10H13F3N2O/c1-9(2,3)15-8-5-4-7(6-14-8)16-10(11,12)13/h4-6H,1-3H3,(H,14,15). The summed E-state index contributed by atoms with van der Waals surface area (Å²) in [6.07, 6.45) is -3.65. The van der Waals surface area contributed by atoms with Crippen molar-refractivity contribution in [1.82, 2.24) is 4.98 Å². The molecule has 90 valence electrons. The molecule has 0 aliphatic rings. The van der Waals surface area contributed by atoms with Crippen molar-refractivity contribution in [2.45, 2.75) is 32.7 Å². The summed E-state index contributed by atoms with van der Waals surface area (Å²) < 4.78 is 39.2. The molecule has 0 spiro atoms. The van der Waals surface area contributed by atoms with E-state index in [4.69, 9.17) is 0 Å². The molecule has 16 heavy (non-hydrogen) atoms. The van der Waals surface area contributed by atoms with E-state index >= 15 is 0 Å². The smallest absolute Gasteiger partial charge is 0.404 e. The predicted molar refractivity (Wildman–Crippen MR) is 54.3 cm³/mol. The van der Waals surface area contributed by atoms with E-state index in [2.05, 4.69) is 15.0 Å². The number of alkyl halides is 3. The highest BCUT2D eigenvalue weighted by molar-refractivity contribution is 5.39. The number of nitrogens with zero attached hydrogens (tertiary/aromatic N) is 1. The molecule has 1 aromatic heterocycles. The van der Waals surface area contributed by atoms with Gasteiger partial charge in [0.1, 0.15) is 11.6 Å². The number of nitrogens with one attached hydrogen (secondary N) is 1. The lowest BCUT2D eigenvalue weighted by atomic mass is 10.1. The Morgan fingerprint density at radius 1 is 1.19 bits per heavy atom. The number of halogens is 3. The molecule has 0 aliphatic carbocycles. The zero-order valence-corrected chi connectivity index (χ0v) is 9.22. The van der Waals surface area contributed by atoms with Crippen LogP contribution in [0.25, 0.3) is 0 Å². The Morgan fingerprint density at radius 2 is 1.81 bits per heavy atom. The van der Waals surface area contributed by atoms with E-state index in [0.29, 0.717) is 5.82 Å². The van der Waals surface area contributed by atoms with E-state index in [0.717, 1.165) is 6.20 Å². The van der Waals surface area contributed by atoms with Gasteiger partial charge >= 0.3 is 6.36 Å². The third kappa shape index (κ3) is 4.86. The van der Waals surface area contributed by atoms with Gasteiger partial charge in [-0.1, -0.05) is 0 Å². The van der Waals surface area contributed by atoms with Crippen molar-refractivity contribution < 1.29 is 17.9 Å². The topological polar surface area (TPSA) is 34.1 Å². The molecule has 0 saturated heterocycles. The van der Waals surface area contributed by atoms with E-state index < -0.39 is 6.36 Å². The van der Waals surface area contributed by atoms with Gasteiger partial charge in [-0.05, 0) is 32.9 Å². The number of anilines is 1. The van der Waals surface area contributed by atoms with Crippen molar-refractivity contribution in [3.8, 4) is 5.75 Å². The SMILES string of the molecule is CC(C)(C)Nc1ccc(OC(F)(F)F)cn1. The Bertz CT molecular complexity index is 306. The van der Waals surface area contributed by atoms with Crippen molar-refractivity contribution in [3.05, 3.63) is 18.3 Å². The van der Waals surface area contributed by atoms with Crippen LogP contribution in [0, 0.1) is 0 Å². The van der Waals surface area contributed by atoms with E-state index in [1.165, 1.54) is 12.1 Å². The minimum atomic E-state index is -4.68. The Hall–Kier alpha value is -1.46. The van der Waals surface area contributed by atoms with E-state index in [1.807, 2.05) is 20.8 Å². The van der Waals surface area contributed by atoms with Crippen LogP contribution in [0.3, 0.4) is 0 Å². The lowest BCUT2D eigenvalue weighted by Gasteiger charge is -2.21. The molecule has 0 saturated carbocycles. The summed E-state index contributed by atoms with van der Waals surface area (Å²) in [7, 11) is 0. The van der Waals surface area contributed by atoms with Crippen molar-refractivity contribution in [1.29, 1.82) is 0 Å². The maximum Gasteiger partial charge on any atom is 0.573 e. The van der Waals surface area contributed by atoms with Crippen molar-refractivity contribution in [2.24, 2.45) is 0 Å². The molecule has 0 atom stereocenters. The summed E-state index contributed by atoms with van der Waals surface area (Å²) in [6, 6.07) is 2.65. The van der Waals surface area contributed by atoms with Crippen LogP contribution in [-0.4, -0.2) is 16.9 Å². The van der Waals surface area contributed by atoms with Crippen LogP contribution in [0.5, 0.6) is 5.75 Å². The molecule has 1 heterocycles. The van der Waals surface area contributed by atoms with Crippen molar-refractivity contribution in [2.75, 3.05) is 5.32 Å². The Kier molecular flexibility index (Phi) is 3.30. The zero-order valence-electron chi connectivity index (χ0n) is 9.22. The fourth-order valence-electron chi connectivity index (χ4n) is 1.03. The maximum atomic E-state index is 11.8. The number of pyridine rings is 1. The summed E-state index contributed by atoms with van der Waals surface area (Å²) in [6.45, 7) is 5.78. The molecule has 1 aromatic rings. The van der Waals surface area contributed by atoms with E-state index in [1.54, 1.807) is 0 Å². The fraction of sp³-hybridized carbons (Fsp3) is 0.500. The quantitative estimate of drug-likeness (QED) is 0.853. The van der Waals surface area contributed by atoms with Crippen LogP contribution >= 0.6 is 0 Å². The summed E-state index contributed by atoms with van der Waals surface area (Å²) in [5.41, 5.74) is -0.195. The lowest BCUT2D eigenvalue weighted by molar-refractivity contribution is -0.274. The largest absolute Gasteiger partial charge is 0.573 e. The van der Waals surface area contributed by atoms with Gasteiger partial charge in [0.15, 0.2) is 0 Å². The molecule has 0 amide bonds. The molecule has 0 unspecified atom stereocenters. The molecule has 0 aromatic carbocycles. The van der Waals surface area contributed by atoms with Crippen molar-refractivity contribution >= 4 is 5.82 Å². The highest BCUT2D eigenvalue weighted by Gasteiger charge is 2.31. The number of aromatic nitrogens is 1. The van der Waals surface area contributed by atoms with Crippen molar-refractivity contribution in [3.63, 3.8) is 0 Å². The van der Waals surface area contributed by atoms with Crippen LogP contribution in [0.15, 0.2) is 18.3 Å². The summed E-state index contributed by atoms with van der Waals surface area (Å²) in [5, 5.41) is 3.02. The van der Waals surface area contributed by atoms with Gasteiger partial charge < -0.3 is 10.1 Å². The van der Waals surface area contributed by atoms with Gasteiger partial charge in [-0.15, -0.1) is 13.2 Å². The first kappa shape index (κ1) is 12.6. The summed E-state index contributed by atoms with van der Waals surface area (Å²) in [4.78, 5) is 3.81. The Morgan fingerprint density at radius 3 is 2.19 bits per heavy atom. The van der Waals surface area contributed by atoms with Crippen LogP contribution in [0.1, 0.15) is 20.8 Å². The summed E-state index contributed by atoms with van der Waals surface area (Å²) in [5.74, 6) is 0.175. The molecule has 1 rings (SSSR count). The zero-order chi connectivity index (χ0) is 12.4. The molecule has 0 fully saturated rings. The molecule has 1 N–H and O–H groups in total. The van der Waals surface area contributed by atoms with Gasteiger partial charge in [-0.2, -0.15) is 0 Å². The predicted octanol–water partition coefficient (Wildman–Crippen LogP) is 3.19. The number of ether oxygens (including phenoxy) is 1. The first-order valence-electron chi connectivity index (χ1n) is 4.66. The van der Waals surface area contributed by atoms with Gasteiger partial charge in [-0.25, -0.2) is 4.98 Å². The second kappa shape index (κ2) is 4.19. The van der Waals surface area contributed by atoms with Gasteiger partial charge in [0, 0.05) is 5.54 Å². The van der Waals surface area contributed by atoms with Gasteiger partial charge in [0.2, 0.25) is 0 Å². The second-order valence-electron chi connectivity index (χ2n) is 4.30. The van der Waals surface area contributed by atoms with Gasteiger partial charge in [-0.3, -0.25) is 0 Å².